The van der Waals surface area contributed by atoms with Crippen molar-refractivity contribution in [2.75, 3.05) is 6.61 Å². The van der Waals surface area contributed by atoms with Gasteiger partial charge in [0.2, 0.25) is 0 Å². The highest BCUT2D eigenvalue weighted by atomic mass is 16.5. The Morgan fingerprint density at radius 3 is 2.56 bits per heavy atom. The number of hydrogen-bond donors (Lipinski definition) is 0. The molecular weight excluding hydrogens is 220 g/mol. The monoisotopic (exact) mass is 246 g/mol. The van der Waals surface area contributed by atoms with Crippen LogP contribution in [0.4, 0.5) is 0 Å². The third kappa shape index (κ3) is 4.04. The van der Waals surface area contributed by atoms with E-state index in [-0.39, 0.29) is 0 Å². The van der Waals surface area contributed by atoms with Crippen LogP contribution in [0.1, 0.15) is 63.0 Å². The zero-order valence-electron chi connectivity index (χ0n) is 11.7. The molecule has 1 nitrogen and oxygen atoms in total. The van der Waals surface area contributed by atoms with Gasteiger partial charge in [-0.2, -0.15) is 0 Å². The van der Waals surface area contributed by atoms with E-state index in [9.17, 15) is 0 Å². The molecule has 0 fully saturated rings. The molecule has 1 aliphatic rings. The molecule has 0 radical (unpaired) electrons. The van der Waals surface area contributed by atoms with E-state index in [4.69, 9.17) is 4.74 Å². The predicted octanol–water partition coefficient (Wildman–Crippen LogP) is 4.91. The van der Waals surface area contributed by atoms with Gasteiger partial charge in [-0.05, 0) is 55.4 Å². The Bertz CT molecular complexity index is 357. The maximum Gasteiger partial charge on any atom is 0.119 e. The molecule has 18 heavy (non-hydrogen) atoms. The summed E-state index contributed by atoms with van der Waals surface area (Å²) in [6.07, 6.45) is 11.7. The lowest BCUT2D eigenvalue weighted by atomic mass is 9.92. The Labute approximate surface area is 112 Å². The standard InChI is InChI=1S/C17H26O/c1-2-3-4-5-8-13-18-17-12-11-15-9-6-7-10-16(15)14-17/h11-12,14H,2-10,13H2,1H3. The Morgan fingerprint density at radius 2 is 1.72 bits per heavy atom. The molecule has 1 aromatic carbocycles. The Kier molecular flexibility index (Phi) is 5.57. The SMILES string of the molecule is CCCCCCCOc1ccc2c(c1)CCCC2. The first-order chi connectivity index (χ1) is 8.90. The summed E-state index contributed by atoms with van der Waals surface area (Å²) in [7, 11) is 0. The highest BCUT2D eigenvalue weighted by molar-refractivity contribution is 5.37. The lowest BCUT2D eigenvalue weighted by Crippen LogP contribution is -2.04. The Hall–Kier alpha value is -0.980. The fourth-order valence-corrected chi connectivity index (χ4v) is 2.70. The number of unbranched alkanes of at least 4 members (excludes halogenated alkanes) is 4. The van der Waals surface area contributed by atoms with E-state index >= 15 is 0 Å². The number of fused-ring (bicyclic) bond motifs is 1. The quantitative estimate of drug-likeness (QED) is 0.621. The fraction of sp³-hybridized carbons (Fsp3) is 0.647. The maximum atomic E-state index is 5.85. The topological polar surface area (TPSA) is 9.23 Å². The molecule has 0 N–H and O–H groups in total. The summed E-state index contributed by atoms with van der Waals surface area (Å²) < 4.78 is 5.85. The second kappa shape index (κ2) is 7.45. The molecule has 0 amide bonds. The lowest BCUT2D eigenvalue weighted by Gasteiger charge is -2.16. The first-order valence-corrected chi connectivity index (χ1v) is 7.65. The van der Waals surface area contributed by atoms with Gasteiger partial charge in [-0.1, -0.05) is 38.7 Å². The van der Waals surface area contributed by atoms with E-state index < -0.39 is 0 Å². The van der Waals surface area contributed by atoms with Gasteiger partial charge in [0.25, 0.3) is 0 Å². The first-order valence-electron chi connectivity index (χ1n) is 7.65. The summed E-state index contributed by atoms with van der Waals surface area (Å²) in [6, 6.07) is 6.68. The molecule has 1 aliphatic carbocycles. The van der Waals surface area contributed by atoms with Crippen LogP contribution in [0.15, 0.2) is 18.2 Å². The summed E-state index contributed by atoms with van der Waals surface area (Å²) >= 11 is 0. The Morgan fingerprint density at radius 1 is 0.944 bits per heavy atom. The van der Waals surface area contributed by atoms with Crippen molar-refractivity contribution < 1.29 is 4.74 Å². The molecular formula is C17H26O. The normalized spacial score (nSPS) is 14.3. The Balaban J connectivity index is 1.72. The molecule has 2 rings (SSSR count). The van der Waals surface area contributed by atoms with Crippen LogP contribution in [-0.2, 0) is 12.8 Å². The van der Waals surface area contributed by atoms with E-state index in [1.54, 1.807) is 0 Å². The summed E-state index contributed by atoms with van der Waals surface area (Å²) in [5, 5.41) is 0. The highest BCUT2D eigenvalue weighted by Crippen LogP contribution is 2.25. The summed E-state index contributed by atoms with van der Waals surface area (Å²) in [5.41, 5.74) is 3.06. The van der Waals surface area contributed by atoms with Gasteiger partial charge >= 0.3 is 0 Å². The van der Waals surface area contributed by atoms with Crippen molar-refractivity contribution in [1.29, 1.82) is 0 Å². The number of hydrogen-bond acceptors (Lipinski definition) is 1. The molecule has 0 atom stereocenters. The van der Waals surface area contributed by atoms with Crippen LogP contribution in [0.2, 0.25) is 0 Å². The van der Waals surface area contributed by atoms with Crippen molar-refractivity contribution in [3.8, 4) is 5.75 Å². The van der Waals surface area contributed by atoms with Crippen LogP contribution in [0.5, 0.6) is 5.75 Å². The number of aryl methyl sites for hydroxylation is 2. The maximum absolute atomic E-state index is 5.85. The molecule has 1 aromatic rings. The molecule has 1 heteroatoms. The van der Waals surface area contributed by atoms with Gasteiger partial charge in [-0.25, -0.2) is 0 Å². The first kappa shape index (κ1) is 13.5. The van der Waals surface area contributed by atoms with E-state index in [0.717, 1.165) is 12.4 Å². The van der Waals surface area contributed by atoms with Crippen molar-refractivity contribution in [3.05, 3.63) is 29.3 Å². The van der Waals surface area contributed by atoms with Gasteiger partial charge in [0.05, 0.1) is 6.61 Å². The predicted molar refractivity (Wildman–Crippen MR) is 77.3 cm³/mol. The number of benzene rings is 1. The smallest absolute Gasteiger partial charge is 0.119 e. The van der Waals surface area contributed by atoms with Crippen molar-refractivity contribution >= 4 is 0 Å². The molecule has 0 heterocycles. The van der Waals surface area contributed by atoms with Crippen LogP contribution in [0.3, 0.4) is 0 Å². The average Bonchev–Trinajstić information content (AvgIpc) is 2.42. The molecule has 0 aliphatic heterocycles. The highest BCUT2D eigenvalue weighted by Gasteiger charge is 2.09. The number of rotatable bonds is 7. The molecule has 0 spiro atoms. The minimum Gasteiger partial charge on any atom is -0.494 e. The van der Waals surface area contributed by atoms with Gasteiger partial charge < -0.3 is 4.74 Å². The molecule has 0 aromatic heterocycles. The van der Waals surface area contributed by atoms with Crippen molar-refractivity contribution in [1.82, 2.24) is 0 Å². The number of ether oxygens (including phenoxy) is 1. The molecule has 0 bridgehead atoms. The van der Waals surface area contributed by atoms with E-state index in [1.165, 1.54) is 68.9 Å². The average molecular weight is 246 g/mol. The molecule has 100 valence electrons. The van der Waals surface area contributed by atoms with Gasteiger partial charge in [0, 0.05) is 0 Å². The van der Waals surface area contributed by atoms with Gasteiger partial charge in [-0.15, -0.1) is 0 Å². The minimum absolute atomic E-state index is 0.877. The van der Waals surface area contributed by atoms with E-state index in [1.807, 2.05) is 0 Å². The molecule has 0 unspecified atom stereocenters. The van der Waals surface area contributed by atoms with Gasteiger partial charge in [0.1, 0.15) is 5.75 Å². The van der Waals surface area contributed by atoms with Crippen LogP contribution in [-0.4, -0.2) is 6.61 Å². The second-order valence-corrected chi connectivity index (χ2v) is 5.40. The van der Waals surface area contributed by atoms with Gasteiger partial charge in [-0.3, -0.25) is 0 Å². The van der Waals surface area contributed by atoms with Crippen LogP contribution in [0.25, 0.3) is 0 Å². The third-order valence-corrected chi connectivity index (χ3v) is 3.84. The van der Waals surface area contributed by atoms with E-state index in [0.29, 0.717) is 0 Å². The summed E-state index contributed by atoms with van der Waals surface area (Å²) in [6.45, 7) is 3.13. The largest absolute Gasteiger partial charge is 0.494 e. The molecule has 0 saturated heterocycles. The van der Waals surface area contributed by atoms with Crippen molar-refractivity contribution in [2.45, 2.75) is 64.7 Å². The summed E-state index contributed by atoms with van der Waals surface area (Å²) in [5.74, 6) is 1.08. The van der Waals surface area contributed by atoms with Crippen molar-refractivity contribution in [3.63, 3.8) is 0 Å². The van der Waals surface area contributed by atoms with E-state index in [2.05, 4.69) is 25.1 Å². The zero-order chi connectivity index (χ0) is 12.6. The minimum atomic E-state index is 0.877. The van der Waals surface area contributed by atoms with Gasteiger partial charge in [0.15, 0.2) is 0 Å². The summed E-state index contributed by atoms with van der Waals surface area (Å²) in [4.78, 5) is 0. The van der Waals surface area contributed by atoms with Crippen molar-refractivity contribution in [2.24, 2.45) is 0 Å². The fourth-order valence-electron chi connectivity index (χ4n) is 2.70. The molecule has 0 saturated carbocycles. The second-order valence-electron chi connectivity index (χ2n) is 5.40. The van der Waals surface area contributed by atoms with Crippen LogP contribution in [0, 0.1) is 0 Å². The van der Waals surface area contributed by atoms with Crippen LogP contribution >= 0.6 is 0 Å². The van der Waals surface area contributed by atoms with Crippen LogP contribution < -0.4 is 4.74 Å². The lowest BCUT2D eigenvalue weighted by molar-refractivity contribution is 0.304. The zero-order valence-corrected chi connectivity index (χ0v) is 11.7. The third-order valence-electron chi connectivity index (χ3n) is 3.84.